The standard InChI is InChI=1S/C12H14BrF2N/c1-16(6-8-2-3-8)7-9-11(14)5-4-10(13)12(9)15/h4-5,8H,2-3,6-7H2,1H3. The van der Waals surface area contributed by atoms with Crippen LogP contribution in [0.4, 0.5) is 8.78 Å². The van der Waals surface area contributed by atoms with Crippen molar-refractivity contribution in [2.45, 2.75) is 19.4 Å². The summed E-state index contributed by atoms with van der Waals surface area (Å²) in [6.07, 6.45) is 2.49. The van der Waals surface area contributed by atoms with E-state index in [4.69, 9.17) is 0 Å². The fourth-order valence-corrected chi connectivity index (χ4v) is 2.16. The van der Waals surface area contributed by atoms with Crippen molar-refractivity contribution in [1.29, 1.82) is 0 Å². The van der Waals surface area contributed by atoms with Crippen LogP contribution in [-0.2, 0) is 6.54 Å². The zero-order valence-electron chi connectivity index (χ0n) is 9.14. The molecule has 0 unspecified atom stereocenters. The maximum atomic E-state index is 13.7. The third-order valence-corrected chi connectivity index (χ3v) is 3.45. The van der Waals surface area contributed by atoms with Crippen molar-refractivity contribution >= 4 is 15.9 Å². The number of halogens is 3. The maximum absolute atomic E-state index is 13.7. The van der Waals surface area contributed by atoms with Crippen molar-refractivity contribution in [3.05, 3.63) is 33.8 Å². The van der Waals surface area contributed by atoms with Crippen molar-refractivity contribution in [3.63, 3.8) is 0 Å². The van der Waals surface area contributed by atoms with E-state index in [1.807, 2.05) is 11.9 Å². The van der Waals surface area contributed by atoms with Gasteiger partial charge in [-0.25, -0.2) is 8.78 Å². The van der Waals surface area contributed by atoms with Gasteiger partial charge in [-0.1, -0.05) is 0 Å². The highest BCUT2D eigenvalue weighted by atomic mass is 79.9. The SMILES string of the molecule is CN(Cc1c(F)ccc(Br)c1F)CC1CC1. The second kappa shape index (κ2) is 4.80. The Kier molecular flexibility index (Phi) is 3.60. The first-order valence-electron chi connectivity index (χ1n) is 5.39. The predicted molar refractivity (Wildman–Crippen MR) is 63.1 cm³/mol. The summed E-state index contributed by atoms with van der Waals surface area (Å²) in [7, 11) is 1.90. The second-order valence-corrected chi connectivity index (χ2v) is 5.32. The van der Waals surface area contributed by atoms with Gasteiger partial charge in [0.25, 0.3) is 0 Å². The number of nitrogens with zero attached hydrogens (tertiary/aromatic N) is 1. The summed E-state index contributed by atoms with van der Waals surface area (Å²) in [5.74, 6) is -0.228. The monoisotopic (exact) mass is 289 g/mol. The van der Waals surface area contributed by atoms with Crippen LogP contribution in [0.5, 0.6) is 0 Å². The molecular weight excluding hydrogens is 276 g/mol. The predicted octanol–water partition coefficient (Wildman–Crippen LogP) is 3.57. The molecule has 1 aliphatic carbocycles. The first-order valence-corrected chi connectivity index (χ1v) is 6.18. The van der Waals surface area contributed by atoms with Crippen molar-refractivity contribution < 1.29 is 8.78 Å². The lowest BCUT2D eigenvalue weighted by Crippen LogP contribution is -2.21. The van der Waals surface area contributed by atoms with E-state index < -0.39 is 11.6 Å². The van der Waals surface area contributed by atoms with E-state index in [2.05, 4.69) is 15.9 Å². The van der Waals surface area contributed by atoms with E-state index in [1.54, 1.807) is 0 Å². The Balaban J connectivity index is 2.09. The molecular formula is C12H14BrF2N. The number of hydrogen-bond donors (Lipinski definition) is 0. The summed E-state index contributed by atoms with van der Waals surface area (Å²) >= 11 is 3.07. The molecule has 0 amide bonds. The normalized spacial score (nSPS) is 15.8. The Morgan fingerprint density at radius 2 is 2.06 bits per heavy atom. The molecule has 2 rings (SSSR count). The Labute approximate surface area is 103 Å². The maximum Gasteiger partial charge on any atom is 0.144 e. The van der Waals surface area contributed by atoms with Crippen LogP contribution in [0.3, 0.4) is 0 Å². The van der Waals surface area contributed by atoms with E-state index in [1.165, 1.54) is 25.0 Å². The van der Waals surface area contributed by atoms with Gasteiger partial charge in [0.15, 0.2) is 0 Å². The molecule has 0 saturated heterocycles. The smallest absolute Gasteiger partial charge is 0.144 e. The molecule has 0 aliphatic heterocycles. The Morgan fingerprint density at radius 3 is 2.69 bits per heavy atom. The number of hydrogen-bond acceptors (Lipinski definition) is 1. The second-order valence-electron chi connectivity index (χ2n) is 4.46. The molecule has 1 fully saturated rings. The highest BCUT2D eigenvalue weighted by Gasteiger charge is 2.23. The summed E-state index contributed by atoms with van der Waals surface area (Å²) in [5.41, 5.74) is 0.150. The molecule has 0 heterocycles. The van der Waals surface area contributed by atoms with Gasteiger partial charge in [-0.05, 0) is 53.9 Å². The topological polar surface area (TPSA) is 3.24 Å². The van der Waals surface area contributed by atoms with Gasteiger partial charge in [-0.3, -0.25) is 0 Å². The highest BCUT2D eigenvalue weighted by molar-refractivity contribution is 9.10. The Bertz CT molecular complexity index is 391. The summed E-state index contributed by atoms with van der Waals surface area (Å²) in [6.45, 7) is 1.25. The van der Waals surface area contributed by atoms with Crippen molar-refractivity contribution in [2.75, 3.05) is 13.6 Å². The van der Waals surface area contributed by atoms with Crippen LogP contribution >= 0.6 is 15.9 Å². The minimum Gasteiger partial charge on any atom is -0.302 e. The molecule has 0 spiro atoms. The van der Waals surface area contributed by atoms with Crippen LogP contribution in [-0.4, -0.2) is 18.5 Å². The number of benzene rings is 1. The molecule has 1 aromatic rings. The zero-order chi connectivity index (χ0) is 11.7. The lowest BCUT2D eigenvalue weighted by atomic mass is 10.2. The molecule has 1 saturated carbocycles. The molecule has 4 heteroatoms. The lowest BCUT2D eigenvalue weighted by Gasteiger charge is -2.17. The van der Waals surface area contributed by atoms with Crippen LogP contribution in [0, 0.1) is 17.6 Å². The summed E-state index contributed by atoms with van der Waals surface area (Å²) in [6, 6.07) is 2.70. The van der Waals surface area contributed by atoms with E-state index in [-0.39, 0.29) is 5.56 Å². The minimum atomic E-state index is -0.484. The molecule has 1 aromatic carbocycles. The van der Waals surface area contributed by atoms with Gasteiger partial charge in [-0.15, -0.1) is 0 Å². The average Bonchev–Trinajstić information content (AvgIpc) is 3.02. The average molecular weight is 290 g/mol. The van der Waals surface area contributed by atoms with Gasteiger partial charge in [0, 0.05) is 18.7 Å². The van der Waals surface area contributed by atoms with Gasteiger partial charge in [0.2, 0.25) is 0 Å². The van der Waals surface area contributed by atoms with Gasteiger partial charge >= 0.3 is 0 Å². The van der Waals surface area contributed by atoms with Crippen LogP contribution in [0.2, 0.25) is 0 Å². The molecule has 0 radical (unpaired) electrons. The molecule has 88 valence electrons. The molecule has 0 bridgehead atoms. The first kappa shape index (κ1) is 12.0. The fraction of sp³-hybridized carbons (Fsp3) is 0.500. The van der Waals surface area contributed by atoms with Crippen LogP contribution < -0.4 is 0 Å². The highest BCUT2D eigenvalue weighted by Crippen LogP contribution is 2.30. The number of rotatable bonds is 4. The summed E-state index contributed by atoms with van der Waals surface area (Å²) < 4.78 is 27.4. The van der Waals surface area contributed by atoms with Crippen molar-refractivity contribution in [3.8, 4) is 0 Å². The Hall–Kier alpha value is -0.480. The molecule has 0 aromatic heterocycles. The van der Waals surface area contributed by atoms with Crippen molar-refractivity contribution in [1.82, 2.24) is 4.90 Å². The van der Waals surface area contributed by atoms with Gasteiger partial charge < -0.3 is 4.90 Å². The quantitative estimate of drug-likeness (QED) is 0.766. The molecule has 1 nitrogen and oxygen atoms in total. The molecule has 0 atom stereocenters. The fourth-order valence-electron chi connectivity index (χ4n) is 1.79. The van der Waals surface area contributed by atoms with E-state index in [0.29, 0.717) is 11.0 Å². The molecule has 0 N–H and O–H groups in total. The molecule has 16 heavy (non-hydrogen) atoms. The third kappa shape index (κ3) is 2.80. The minimum absolute atomic E-state index is 0.150. The van der Waals surface area contributed by atoms with E-state index in [9.17, 15) is 8.78 Å². The van der Waals surface area contributed by atoms with E-state index >= 15 is 0 Å². The summed E-state index contributed by atoms with van der Waals surface area (Å²) in [5, 5.41) is 0. The zero-order valence-corrected chi connectivity index (χ0v) is 10.7. The lowest BCUT2D eigenvalue weighted by molar-refractivity contribution is 0.302. The van der Waals surface area contributed by atoms with Gasteiger partial charge in [0.05, 0.1) is 4.47 Å². The van der Waals surface area contributed by atoms with Crippen molar-refractivity contribution in [2.24, 2.45) is 5.92 Å². The third-order valence-electron chi connectivity index (χ3n) is 2.83. The van der Waals surface area contributed by atoms with Gasteiger partial charge in [-0.2, -0.15) is 0 Å². The van der Waals surface area contributed by atoms with Gasteiger partial charge in [0.1, 0.15) is 11.6 Å². The Morgan fingerprint density at radius 1 is 1.38 bits per heavy atom. The van der Waals surface area contributed by atoms with Crippen LogP contribution in [0.15, 0.2) is 16.6 Å². The summed E-state index contributed by atoms with van der Waals surface area (Å²) in [4.78, 5) is 1.98. The van der Waals surface area contributed by atoms with E-state index in [0.717, 1.165) is 12.5 Å². The molecule has 1 aliphatic rings. The van der Waals surface area contributed by atoms with Crippen LogP contribution in [0.1, 0.15) is 18.4 Å². The largest absolute Gasteiger partial charge is 0.302 e. The first-order chi connectivity index (χ1) is 7.58. The van der Waals surface area contributed by atoms with Crippen LogP contribution in [0.25, 0.3) is 0 Å².